The van der Waals surface area contributed by atoms with Crippen molar-refractivity contribution in [3.05, 3.63) is 51.5 Å². The molecule has 2 aromatic rings. The van der Waals surface area contributed by atoms with E-state index in [1.165, 1.54) is 17.4 Å². The zero-order valence-corrected chi connectivity index (χ0v) is 12.2. The van der Waals surface area contributed by atoms with Crippen LogP contribution in [0.15, 0.2) is 29.6 Å². The molecular formula is C13H12F3NOS2. The van der Waals surface area contributed by atoms with Crippen LogP contribution < -0.4 is 0 Å². The Balaban J connectivity index is 2.04. The monoisotopic (exact) mass is 319 g/mol. The van der Waals surface area contributed by atoms with Crippen molar-refractivity contribution in [3.8, 4) is 0 Å². The molecule has 0 aliphatic heterocycles. The summed E-state index contributed by atoms with van der Waals surface area (Å²) in [4.78, 5) is 4.19. The first-order valence-corrected chi connectivity index (χ1v) is 8.13. The Kier molecular flexibility index (Phi) is 4.59. The molecule has 0 aliphatic rings. The number of aromatic nitrogens is 1. The minimum atomic E-state index is -4.37. The quantitative estimate of drug-likeness (QED) is 0.855. The minimum Gasteiger partial charge on any atom is -0.259 e. The number of hydrogen-bond acceptors (Lipinski definition) is 3. The number of rotatable bonds is 4. The first kappa shape index (κ1) is 15.2. The predicted molar refractivity (Wildman–Crippen MR) is 73.8 cm³/mol. The lowest BCUT2D eigenvalue weighted by Crippen LogP contribution is -2.06. The molecule has 1 unspecified atom stereocenters. The standard InChI is InChI=1S/C13H12F3NOS2/c1-9-17-12(6-19-9)8-20(18)7-10-3-2-4-11(5-10)13(14,15)16/h2-6H,7-8H2,1H3. The molecule has 1 heterocycles. The van der Waals surface area contributed by atoms with Crippen LogP contribution in [-0.2, 0) is 28.5 Å². The van der Waals surface area contributed by atoms with Crippen molar-refractivity contribution in [3.63, 3.8) is 0 Å². The minimum absolute atomic E-state index is 0.0977. The van der Waals surface area contributed by atoms with Crippen molar-refractivity contribution >= 4 is 22.1 Å². The summed E-state index contributed by atoms with van der Waals surface area (Å²) < 4.78 is 49.7. The molecule has 0 saturated carbocycles. The van der Waals surface area contributed by atoms with E-state index < -0.39 is 22.5 Å². The average molecular weight is 319 g/mol. The second-order valence-electron chi connectivity index (χ2n) is 4.28. The molecule has 0 spiro atoms. The molecule has 2 rings (SSSR count). The molecule has 0 N–H and O–H groups in total. The van der Waals surface area contributed by atoms with Gasteiger partial charge in [0.15, 0.2) is 0 Å². The van der Waals surface area contributed by atoms with Gasteiger partial charge in [-0.3, -0.25) is 4.21 Å². The Morgan fingerprint density at radius 3 is 2.65 bits per heavy atom. The topological polar surface area (TPSA) is 30.0 Å². The van der Waals surface area contributed by atoms with Crippen LogP contribution in [0.5, 0.6) is 0 Å². The van der Waals surface area contributed by atoms with Crippen molar-refractivity contribution in [2.45, 2.75) is 24.6 Å². The highest BCUT2D eigenvalue weighted by Crippen LogP contribution is 2.29. The predicted octanol–water partition coefficient (Wildman–Crippen LogP) is 3.92. The van der Waals surface area contributed by atoms with Crippen molar-refractivity contribution in [2.24, 2.45) is 0 Å². The number of nitrogens with zero attached hydrogens (tertiary/aromatic N) is 1. The summed E-state index contributed by atoms with van der Waals surface area (Å²) in [6, 6.07) is 4.95. The number of hydrogen-bond donors (Lipinski definition) is 0. The molecule has 0 radical (unpaired) electrons. The van der Waals surface area contributed by atoms with Crippen LogP contribution in [0.3, 0.4) is 0 Å². The maximum Gasteiger partial charge on any atom is 0.416 e. The fourth-order valence-corrected chi connectivity index (χ4v) is 3.56. The third-order valence-corrected chi connectivity index (χ3v) is 4.65. The van der Waals surface area contributed by atoms with Crippen molar-refractivity contribution < 1.29 is 17.4 Å². The number of aryl methyl sites for hydroxylation is 1. The fourth-order valence-electron chi connectivity index (χ4n) is 1.71. The fraction of sp³-hybridized carbons (Fsp3) is 0.308. The SMILES string of the molecule is Cc1nc(CS(=O)Cc2cccc(C(F)(F)F)c2)cs1. The van der Waals surface area contributed by atoms with Crippen LogP contribution in [0.25, 0.3) is 0 Å². The summed E-state index contributed by atoms with van der Waals surface area (Å²) in [5.41, 5.74) is 0.430. The zero-order chi connectivity index (χ0) is 14.8. The summed E-state index contributed by atoms with van der Waals surface area (Å²) in [6.45, 7) is 1.85. The molecule has 2 nitrogen and oxygen atoms in total. The van der Waals surface area contributed by atoms with Gasteiger partial charge < -0.3 is 0 Å². The summed E-state index contributed by atoms with van der Waals surface area (Å²) in [5, 5.41) is 2.70. The van der Waals surface area contributed by atoms with E-state index in [9.17, 15) is 17.4 Å². The van der Waals surface area contributed by atoms with Gasteiger partial charge in [-0.05, 0) is 18.6 Å². The van der Waals surface area contributed by atoms with E-state index in [1.54, 1.807) is 6.07 Å². The summed E-state index contributed by atoms with van der Waals surface area (Å²) in [6.07, 6.45) is -4.37. The van der Waals surface area contributed by atoms with Gasteiger partial charge in [-0.25, -0.2) is 4.98 Å². The van der Waals surface area contributed by atoms with Crippen LogP contribution >= 0.6 is 11.3 Å². The van der Waals surface area contributed by atoms with Crippen LogP contribution in [-0.4, -0.2) is 9.19 Å². The van der Waals surface area contributed by atoms with Crippen LogP contribution in [0.4, 0.5) is 13.2 Å². The van der Waals surface area contributed by atoms with Gasteiger partial charge in [-0.15, -0.1) is 11.3 Å². The number of benzene rings is 1. The molecule has 1 aromatic carbocycles. The number of alkyl halides is 3. The van der Waals surface area contributed by atoms with E-state index in [1.807, 2.05) is 12.3 Å². The summed E-state index contributed by atoms with van der Waals surface area (Å²) in [7, 11) is -1.27. The van der Waals surface area contributed by atoms with E-state index in [4.69, 9.17) is 0 Å². The van der Waals surface area contributed by atoms with E-state index in [0.717, 1.165) is 22.8 Å². The van der Waals surface area contributed by atoms with Crippen LogP contribution in [0.1, 0.15) is 21.8 Å². The Morgan fingerprint density at radius 2 is 2.05 bits per heavy atom. The zero-order valence-electron chi connectivity index (χ0n) is 10.6. The molecule has 0 saturated heterocycles. The van der Waals surface area contributed by atoms with Gasteiger partial charge in [0, 0.05) is 21.9 Å². The van der Waals surface area contributed by atoms with Gasteiger partial charge in [-0.1, -0.05) is 18.2 Å². The van der Waals surface area contributed by atoms with Gasteiger partial charge in [0.25, 0.3) is 0 Å². The van der Waals surface area contributed by atoms with Gasteiger partial charge in [-0.2, -0.15) is 13.2 Å². The highest BCUT2D eigenvalue weighted by atomic mass is 32.2. The summed E-state index contributed by atoms with van der Waals surface area (Å²) in [5.74, 6) is 0.362. The Morgan fingerprint density at radius 1 is 1.30 bits per heavy atom. The van der Waals surface area contributed by atoms with Crippen LogP contribution in [0, 0.1) is 6.92 Å². The lowest BCUT2D eigenvalue weighted by molar-refractivity contribution is -0.137. The van der Waals surface area contributed by atoms with Crippen LogP contribution in [0.2, 0.25) is 0 Å². The third-order valence-electron chi connectivity index (χ3n) is 2.56. The molecule has 1 atom stereocenters. The van der Waals surface area contributed by atoms with E-state index in [0.29, 0.717) is 5.56 Å². The Labute approximate surface area is 121 Å². The van der Waals surface area contributed by atoms with E-state index in [-0.39, 0.29) is 11.5 Å². The Hall–Kier alpha value is -1.21. The highest BCUT2D eigenvalue weighted by molar-refractivity contribution is 7.83. The van der Waals surface area contributed by atoms with Gasteiger partial charge in [0.05, 0.1) is 22.0 Å². The molecule has 0 amide bonds. The number of thiazole rings is 1. The highest BCUT2D eigenvalue weighted by Gasteiger charge is 2.30. The number of halogens is 3. The molecule has 1 aromatic heterocycles. The van der Waals surface area contributed by atoms with Crippen molar-refractivity contribution in [1.82, 2.24) is 4.98 Å². The molecule has 108 valence electrons. The summed E-state index contributed by atoms with van der Waals surface area (Å²) >= 11 is 1.46. The average Bonchev–Trinajstić information content (AvgIpc) is 2.73. The molecule has 0 aliphatic carbocycles. The third kappa shape index (κ3) is 4.14. The largest absolute Gasteiger partial charge is 0.416 e. The van der Waals surface area contributed by atoms with E-state index in [2.05, 4.69) is 4.98 Å². The molecule has 7 heteroatoms. The van der Waals surface area contributed by atoms with Gasteiger partial charge >= 0.3 is 6.18 Å². The normalized spacial score (nSPS) is 13.4. The van der Waals surface area contributed by atoms with Crippen molar-refractivity contribution in [1.29, 1.82) is 0 Å². The lowest BCUT2D eigenvalue weighted by Gasteiger charge is -2.08. The first-order chi connectivity index (χ1) is 9.34. The maximum absolute atomic E-state index is 12.6. The van der Waals surface area contributed by atoms with E-state index >= 15 is 0 Å². The molecule has 0 fully saturated rings. The maximum atomic E-state index is 12.6. The lowest BCUT2D eigenvalue weighted by atomic mass is 10.1. The van der Waals surface area contributed by atoms with Crippen molar-refractivity contribution in [2.75, 3.05) is 0 Å². The first-order valence-electron chi connectivity index (χ1n) is 5.77. The smallest absolute Gasteiger partial charge is 0.259 e. The van der Waals surface area contributed by atoms with Gasteiger partial charge in [0.1, 0.15) is 0 Å². The molecule has 0 bridgehead atoms. The Bertz CT molecular complexity index is 622. The second kappa shape index (κ2) is 6.05. The molecule has 20 heavy (non-hydrogen) atoms. The second-order valence-corrected chi connectivity index (χ2v) is 6.80. The molecular weight excluding hydrogens is 307 g/mol. The van der Waals surface area contributed by atoms with Gasteiger partial charge in [0.2, 0.25) is 0 Å².